The molecule has 0 aliphatic heterocycles. The third-order valence-corrected chi connectivity index (χ3v) is 5.67. The number of carboxylic acid groups (broad SMARTS) is 1. The first-order valence-electron chi connectivity index (χ1n) is 10.8. The van der Waals surface area contributed by atoms with Gasteiger partial charge in [-0.25, -0.2) is 0 Å². The molecular formula is C27H24N2O5. The SMILES string of the molecule is CO/N=C(\COc1ccc(COc2ccc([C@H]3C[C@@H]3C(=O)O)cc2)cc1)c1ccc(C#N)cc1. The molecule has 3 aromatic rings. The summed E-state index contributed by atoms with van der Waals surface area (Å²) in [4.78, 5) is 16.0. The molecule has 0 saturated heterocycles. The van der Waals surface area contributed by atoms with Gasteiger partial charge in [-0.05, 0) is 59.9 Å². The number of ether oxygens (including phenoxy) is 2. The molecule has 4 rings (SSSR count). The summed E-state index contributed by atoms with van der Waals surface area (Å²) in [6, 6.07) is 24.4. The van der Waals surface area contributed by atoms with E-state index in [4.69, 9.17) is 24.7 Å². The molecule has 3 aromatic carbocycles. The second-order valence-electron chi connectivity index (χ2n) is 7.99. The van der Waals surface area contributed by atoms with E-state index >= 15 is 0 Å². The fourth-order valence-electron chi connectivity index (χ4n) is 3.66. The second kappa shape index (κ2) is 10.5. The van der Waals surface area contributed by atoms with Crippen molar-refractivity contribution in [2.45, 2.75) is 18.9 Å². The van der Waals surface area contributed by atoms with Crippen LogP contribution in [0.25, 0.3) is 0 Å². The van der Waals surface area contributed by atoms with Gasteiger partial charge in [0.05, 0.1) is 17.6 Å². The van der Waals surface area contributed by atoms with Gasteiger partial charge in [0.25, 0.3) is 0 Å². The Bertz CT molecular complexity index is 1200. The Hall–Kier alpha value is -4.31. The highest BCUT2D eigenvalue weighted by atomic mass is 16.6. The smallest absolute Gasteiger partial charge is 0.307 e. The predicted octanol–water partition coefficient (Wildman–Crippen LogP) is 4.75. The zero-order chi connectivity index (χ0) is 23.9. The van der Waals surface area contributed by atoms with Gasteiger partial charge in [0.2, 0.25) is 0 Å². The monoisotopic (exact) mass is 456 g/mol. The number of nitriles is 1. The minimum atomic E-state index is -0.728. The van der Waals surface area contributed by atoms with E-state index in [2.05, 4.69) is 11.2 Å². The number of nitrogens with zero attached hydrogens (tertiary/aromatic N) is 2. The van der Waals surface area contributed by atoms with Crippen LogP contribution in [0.15, 0.2) is 78.0 Å². The van der Waals surface area contributed by atoms with Crippen molar-refractivity contribution in [1.82, 2.24) is 0 Å². The standard InChI is InChI=1S/C27H24N2O5/c1-32-29-26(21-6-2-18(15-28)3-7-21)17-34-22-10-4-19(5-11-22)16-33-23-12-8-20(9-13-23)24-14-25(24)27(30)31/h2-13,24-25H,14,16-17H2,1H3,(H,30,31)/b29-26+/t24-,25+/m1/s1. The van der Waals surface area contributed by atoms with Crippen molar-refractivity contribution in [2.24, 2.45) is 11.1 Å². The first kappa shape index (κ1) is 22.9. The van der Waals surface area contributed by atoms with Crippen molar-refractivity contribution in [3.8, 4) is 17.6 Å². The molecule has 0 amide bonds. The van der Waals surface area contributed by atoms with Gasteiger partial charge in [-0.2, -0.15) is 5.26 Å². The Morgan fingerprint density at radius 2 is 1.65 bits per heavy atom. The summed E-state index contributed by atoms with van der Waals surface area (Å²) in [6.07, 6.45) is 0.705. The van der Waals surface area contributed by atoms with Crippen LogP contribution in [0.2, 0.25) is 0 Å². The molecule has 2 atom stereocenters. The fraction of sp³-hybridized carbons (Fsp3) is 0.222. The van der Waals surface area contributed by atoms with E-state index in [0.29, 0.717) is 30.1 Å². The van der Waals surface area contributed by atoms with Crippen LogP contribution in [0.1, 0.15) is 34.6 Å². The third-order valence-electron chi connectivity index (χ3n) is 5.67. The number of carboxylic acids is 1. The van der Waals surface area contributed by atoms with E-state index in [1.807, 2.05) is 60.7 Å². The van der Waals surface area contributed by atoms with Crippen LogP contribution in [-0.2, 0) is 16.2 Å². The van der Waals surface area contributed by atoms with E-state index < -0.39 is 5.97 Å². The second-order valence-corrected chi connectivity index (χ2v) is 7.99. The first-order chi connectivity index (χ1) is 16.6. The number of aliphatic carboxylic acids is 1. The minimum absolute atomic E-state index is 0.116. The summed E-state index contributed by atoms with van der Waals surface area (Å²) in [6.45, 7) is 0.619. The van der Waals surface area contributed by atoms with E-state index in [1.165, 1.54) is 7.11 Å². The van der Waals surface area contributed by atoms with E-state index in [9.17, 15) is 4.79 Å². The lowest BCUT2D eigenvalue weighted by Gasteiger charge is -2.10. The molecule has 1 aliphatic carbocycles. The van der Waals surface area contributed by atoms with Gasteiger partial charge in [-0.15, -0.1) is 0 Å². The molecule has 7 nitrogen and oxygen atoms in total. The molecule has 0 spiro atoms. The Balaban J connectivity index is 1.28. The van der Waals surface area contributed by atoms with Crippen molar-refractivity contribution >= 4 is 11.7 Å². The van der Waals surface area contributed by atoms with Crippen molar-refractivity contribution in [2.75, 3.05) is 13.7 Å². The van der Waals surface area contributed by atoms with Gasteiger partial charge in [0.15, 0.2) is 0 Å². The lowest BCUT2D eigenvalue weighted by molar-refractivity contribution is -0.138. The maximum Gasteiger partial charge on any atom is 0.307 e. The van der Waals surface area contributed by atoms with Gasteiger partial charge in [0, 0.05) is 5.56 Å². The number of hydrogen-bond donors (Lipinski definition) is 1. The summed E-state index contributed by atoms with van der Waals surface area (Å²) < 4.78 is 11.7. The van der Waals surface area contributed by atoms with Crippen LogP contribution >= 0.6 is 0 Å². The lowest BCUT2D eigenvalue weighted by Crippen LogP contribution is -2.13. The molecule has 1 N–H and O–H groups in total. The summed E-state index contributed by atoms with van der Waals surface area (Å²) in [5.41, 5.74) is 4.03. The zero-order valence-corrected chi connectivity index (χ0v) is 18.7. The number of carbonyl (C=O) groups is 1. The van der Waals surface area contributed by atoms with Crippen LogP contribution < -0.4 is 9.47 Å². The highest BCUT2D eigenvalue weighted by Crippen LogP contribution is 2.47. The highest BCUT2D eigenvalue weighted by Gasteiger charge is 2.44. The Morgan fingerprint density at radius 1 is 1.00 bits per heavy atom. The molecule has 0 heterocycles. The third kappa shape index (κ3) is 5.73. The summed E-state index contributed by atoms with van der Waals surface area (Å²) in [7, 11) is 1.48. The molecule has 7 heteroatoms. The van der Waals surface area contributed by atoms with Crippen LogP contribution in [0, 0.1) is 17.2 Å². The molecule has 0 aromatic heterocycles. The lowest BCUT2D eigenvalue weighted by atomic mass is 10.1. The summed E-state index contributed by atoms with van der Waals surface area (Å²) in [5, 5.41) is 22.1. The Morgan fingerprint density at radius 3 is 2.24 bits per heavy atom. The molecule has 1 aliphatic rings. The maximum absolute atomic E-state index is 11.0. The first-order valence-corrected chi connectivity index (χ1v) is 10.8. The number of hydrogen-bond acceptors (Lipinski definition) is 6. The van der Waals surface area contributed by atoms with Gasteiger partial charge in [0.1, 0.15) is 37.5 Å². The van der Waals surface area contributed by atoms with Gasteiger partial charge in [-0.1, -0.05) is 41.6 Å². The topological polar surface area (TPSA) is 101 Å². The van der Waals surface area contributed by atoms with Gasteiger partial charge >= 0.3 is 5.97 Å². The van der Waals surface area contributed by atoms with Crippen LogP contribution in [0.5, 0.6) is 11.5 Å². The average molecular weight is 456 g/mol. The molecule has 0 unspecified atom stereocenters. The van der Waals surface area contributed by atoms with Crippen molar-refractivity contribution in [1.29, 1.82) is 5.26 Å². The number of oxime groups is 1. The Kier molecular flexibility index (Phi) is 7.09. The maximum atomic E-state index is 11.0. The largest absolute Gasteiger partial charge is 0.489 e. The van der Waals surface area contributed by atoms with Gasteiger partial charge in [-0.3, -0.25) is 4.79 Å². The predicted molar refractivity (Wildman–Crippen MR) is 126 cm³/mol. The fourth-order valence-corrected chi connectivity index (χ4v) is 3.66. The normalized spacial score (nSPS) is 16.9. The zero-order valence-electron chi connectivity index (χ0n) is 18.7. The average Bonchev–Trinajstić information content (AvgIpc) is 3.68. The Labute approximate surface area is 197 Å². The highest BCUT2D eigenvalue weighted by molar-refractivity contribution is 6.01. The summed E-state index contributed by atoms with van der Waals surface area (Å²) >= 11 is 0. The van der Waals surface area contributed by atoms with Crippen LogP contribution in [-0.4, -0.2) is 30.5 Å². The minimum Gasteiger partial charge on any atom is -0.489 e. The molecule has 1 saturated carbocycles. The van der Waals surface area contributed by atoms with Gasteiger partial charge < -0.3 is 19.4 Å². The molecule has 0 bridgehead atoms. The molecule has 34 heavy (non-hydrogen) atoms. The van der Waals surface area contributed by atoms with E-state index in [-0.39, 0.29) is 18.4 Å². The number of benzene rings is 3. The van der Waals surface area contributed by atoms with E-state index in [0.717, 1.165) is 22.4 Å². The number of rotatable bonds is 10. The summed E-state index contributed by atoms with van der Waals surface area (Å²) in [5.74, 6) is 0.551. The quantitative estimate of drug-likeness (QED) is 0.349. The van der Waals surface area contributed by atoms with Crippen molar-refractivity contribution in [3.63, 3.8) is 0 Å². The van der Waals surface area contributed by atoms with E-state index in [1.54, 1.807) is 12.1 Å². The molecule has 0 radical (unpaired) electrons. The van der Waals surface area contributed by atoms with Crippen LogP contribution in [0.4, 0.5) is 0 Å². The van der Waals surface area contributed by atoms with Crippen molar-refractivity contribution in [3.05, 3.63) is 95.1 Å². The molecule has 172 valence electrons. The van der Waals surface area contributed by atoms with Crippen molar-refractivity contribution < 1.29 is 24.2 Å². The molecule has 1 fully saturated rings. The van der Waals surface area contributed by atoms with Crippen LogP contribution in [0.3, 0.4) is 0 Å². The molecular weight excluding hydrogens is 432 g/mol.